The molecule has 25 heavy (non-hydrogen) atoms. The van der Waals surface area contributed by atoms with Crippen molar-refractivity contribution in [3.05, 3.63) is 53.3 Å². The van der Waals surface area contributed by atoms with Crippen LogP contribution in [0, 0.1) is 5.92 Å². The Labute approximate surface area is 149 Å². The van der Waals surface area contributed by atoms with Crippen molar-refractivity contribution in [2.24, 2.45) is 5.92 Å². The number of benzene rings is 1. The largest absolute Gasteiger partial charge is 0.349 e. The first-order valence-corrected chi connectivity index (χ1v) is 9.25. The molecule has 0 radical (unpaired) electrons. The summed E-state index contributed by atoms with van der Waals surface area (Å²) in [6.45, 7) is 7.10. The molecule has 1 aromatic carbocycles. The average Bonchev–Trinajstić information content (AvgIpc) is 3.27. The van der Waals surface area contributed by atoms with Gasteiger partial charge < -0.3 is 5.32 Å². The van der Waals surface area contributed by atoms with Gasteiger partial charge in [0.2, 0.25) is 0 Å². The zero-order valence-corrected chi connectivity index (χ0v) is 15.2. The normalized spacial score (nSPS) is 16.3. The van der Waals surface area contributed by atoms with Crippen LogP contribution in [0.25, 0.3) is 0 Å². The number of carbonyl (C=O) groups excluding carboxylic acids is 1. The van der Waals surface area contributed by atoms with E-state index in [2.05, 4.69) is 58.5 Å². The van der Waals surface area contributed by atoms with Crippen LogP contribution in [0.15, 0.2) is 36.4 Å². The molecule has 1 aliphatic heterocycles. The number of nitrogens with zero attached hydrogens (tertiary/aromatic N) is 2. The van der Waals surface area contributed by atoms with Crippen LogP contribution in [-0.2, 0) is 6.42 Å². The predicted octanol–water partition coefficient (Wildman–Crippen LogP) is 3.18. The van der Waals surface area contributed by atoms with Crippen molar-refractivity contribution in [1.29, 1.82) is 0 Å². The van der Waals surface area contributed by atoms with Crippen molar-refractivity contribution in [2.45, 2.75) is 39.2 Å². The van der Waals surface area contributed by atoms with E-state index in [4.69, 9.17) is 0 Å². The third kappa shape index (κ3) is 4.69. The second-order valence-corrected chi connectivity index (χ2v) is 7.26. The molecular weight excluding hydrogens is 312 g/mol. The van der Waals surface area contributed by atoms with Crippen LogP contribution in [-0.4, -0.2) is 40.6 Å². The Bertz CT molecular complexity index is 674. The Morgan fingerprint density at radius 2 is 1.96 bits per heavy atom. The fourth-order valence-electron chi connectivity index (χ4n) is 3.49. The van der Waals surface area contributed by atoms with Gasteiger partial charge in [0.15, 0.2) is 0 Å². The maximum atomic E-state index is 12.5. The number of likely N-dealkylation sites (tertiary alicyclic amines) is 1. The van der Waals surface area contributed by atoms with E-state index in [1.54, 1.807) is 0 Å². The van der Waals surface area contributed by atoms with Crippen molar-refractivity contribution in [3.63, 3.8) is 0 Å². The van der Waals surface area contributed by atoms with Gasteiger partial charge in [-0.25, -0.2) is 0 Å². The molecule has 1 aromatic heterocycles. The number of aromatic nitrogens is 2. The summed E-state index contributed by atoms with van der Waals surface area (Å²) in [6.07, 6.45) is 3.37. The monoisotopic (exact) mass is 340 g/mol. The number of amides is 1. The minimum atomic E-state index is -0.105. The molecule has 1 fully saturated rings. The molecule has 1 saturated heterocycles. The maximum Gasteiger partial charge on any atom is 0.271 e. The lowest BCUT2D eigenvalue weighted by Gasteiger charge is -2.28. The molecule has 3 rings (SSSR count). The van der Waals surface area contributed by atoms with Gasteiger partial charge in [0.05, 0.1) is 6.04 Å². The number of hydrogen-bond donors (Lipinski definition) is 2. The summed E-state index contributed by atoms with van der Waals surface area (Å²) in [7, 11) is 0. The molecular formula is C20H28N4O. The highest BCUT2D eigenvalue weighted by atomic mass is 16.1. The quantitative estimate of drug-likeness (QED) is 0.814. The van der Waals surface area contributed by atoms with E-state index in [0.29, 0.717) is 18.2 Å². The van der Waals surface area contributed by atoms with Gasteiger partial charge in [0, 0.05) is 12.2 Å². The van der Waals surface area contributed by atoms with Gasteiger partial charge in [-0.15, -0.1) is 0 Å². The molecule has 2 heterocycles. The molecule has 1 unspecified atom stereocenters. The highest BCUT2D eigenvalue weighted by molar-refractivity contribution is 5.92. The molecule has 1 atom stereocenters. The number of H-pyrrole nitrogens is 1. The second kappa shape index (κ2) is 8.30. The lowest BCUT2D eigenvalue weighted by molar-refractivity contribution is 0.0933. The standard InChI is InChI=1S/C20H28N4O/c1-15(2)12-17-13-18(23-22-17)20(25)21-14-19(24-10-6-7-11-24)16-8-4-3-5-9-16/h3-5,8-9,13,15,19H,6-7,10-12,14H2,1-2H3,(H,21,25)(H,22,23). The van der Waals surface area contributed by atoms with Crippen LogP contribution < -0.4 is 5.32 Å². The van der Waals surface area contributed by atoms with E-state index in [1.165, 1.54) is 18.4 Å². The lowest BCUT2D eigenvalue weighted by atomic mass is 10.1. The van der Waals surface area contributed by atoms with E-state index in [-0.39, 0.29) is 11.9 Å². The first kappa shape index (κ1) is 17.7. The predicted molar refractivity (Wildman–Crippen MR) is 99.5 cm³/mol. The summed E-state index contributed by atoms with van der Waals surface area (Å²) in [5, 5.41) is 10.2. The lowest BCUT2D eigenvalue weighted by Crippen LogP contribution is -2.36. The van der Waals surface area contributed by atoms with E-state index in [1.807, 2.05) is 12.1 Å². The minimum absolute atomic E-state index is 0.105. The Balaban J connectivity index is 1.64. The molecule has 0 bridgehead atoms. The van der Waals surface area contributed by atoms with Crippen LogP contribution in [0.2, 0.25) is 0 Å². The van der Waals surface area contributed by atoms with Gasteiger partial charge in [-0.2, -0.15) is 5.10 Å². The van der Waals surface area contributed by atoms with Crippen LogP contribution in [0.4, 0.5) is 0 Å². The number of nitrogens with one attached hydrogen (secondary N) is 2. The Hall–Kier alpha value is -2.14. The number of hydrogen-bond acceptors (Lipinski definition) is 3. The number of aromatic amines is 1. The van der Waals surface area contributed by atoms with Crippen LogP contribution in [0.3, 0.4) is 0 Å². The SMILES string of the molecule is CC(C)Cc1cc(C(=O)NCC(c2ccccc2)N2CCCC2)n[nH]1. The maximum absolute atomic E-state index is 12.5. The average molecular weight is 340 g/mol. The molecule has 1 aliphatic rings. The third-order valence-corrected chi connectivity index (χ3v) is 4.71. The summed E-state index contributed by atoms with van der Waals surface area (Å²) < 4.78 is 0. The zero-order chi connectivity index (χ0) is 17.6. The van der Waals surface area contributed by atoms with Crippen molar-refractivity contribution in [2.75, 3.05) is 19.6 Å². The molecule has 0 saturated carbocycles. The minimum Gasteiger partial charge on any atom is -0.349 e. The summed E-state index contributed by atoms with van der Waals surface area (Å²) >= 11 is 0. The summed E-state index contributed by atoms with van der Waals surface area (Å²) in [6, 6.07) is 12.5. The summed E-state index contributed by atoms with van der Waals surface area (Å²) in [5.41, 5.74) is 2.75. The topological polar surface area (TPSA) is 61.0 Å². The van der Waals surface area contributed by atoms with Gasteiger partial charge in [0.1, 0.15) is 5.69 Å². The van der Waals surface area contributed by atoms with Crippen molar-refractivity contribution < 1.29 is 4.79 Å². The third-order valence-electron chi connectivity index (χ3n) is 4.71. The zero-order valence-electron chi connectivity index (χ0n) is 15.2. The Morgan fingerprint density at radius 1 is 1.24 bits per heavy atom. The highest BCUT2D eigenvalue weighted by Crippen LogP contribution is 2.24. The first-order valence-electron chi connectivity index (χ1n) is 9.25. The van der Waals surface area contributed by atoms with Crippen LogP contribution in [0.5, 0.6) is 0 Å². The Morgan fingerprint density at radius 3 is 2.64 bits per heavy atom. The summed E-state index contributed by atoms with van der Waals surface area (Å²) in [4.78, 5) is 14.9. The molecule has 1 amide bonds. The van der Waals surface area contributed by atoms with E-state index in [0.717, 1.165) is 25.2 Å². The van der Waals surface area contributed by atoms with Gasteiger partial charge in [-0.1, -0.05) is 44.2 Å². The van der Waals surface area contributed by atoms with Gasteiger partial charge in [0.25, 0.3) is 5.91 Å². The second-order valence-electron chi connectivity index (χ2n) is 7.26. The Kier molecular flexibility index (Phi) is 5.87. The first-order chi connectivity index (χ1) is 12.1. The van der Waals surface area contributed by atoms with Crippen LogP contribution >= 0.6 is 0 Å². The molecule has 0 spiro atoms. The molecule has 5 nitrogen and oxygen atoms in total. The van der Waals surface area contributed by atoms with Gasteiger partial charge in [-0.3, -0.25) is 14.8 Å². The smallest absolute Gasteiger partial charge is 0.271 e. The molecule has 5 heteroatoms. The molecule has 2 aromatic rings. The van der Waals surface area contributed by atoms with Gasteiger partial charge >= 0.3 is 0 Å². The van der Waals surface area contributed by atoms with Crippen molar-refractivity contribution >= 4 is 5.91 Å². The number of carbonyl (C=O) groups is 1. The van der Waals surface area contributed by atoms with Gasteiger partial charge in [-0.05, 0) is 49.9 Å². The van der Waals surface area contributed by atoms with Crippen molar-refractivity contribution in [1.82, 2.24) is 20.4 Å². The van der Waals surface area contributed by atoms with Crippen LogP contribution in [0.1, 0.15) is 54.5 Å². The fraction of sp³-hybridized carbons (Fsp3) is 0.500. The molecule has 134 valence electrons. The molecule has 0 aliphatic carbocycles. The number of rotatable bonds is 7. The van der Waals surface area contributed by atoms with Crippen molar-refractivity contribution in [3.8, 4) is 0 Å². The van der Waals surface area contributed by atoms with E-state index in [9.17, 15) is 4.79 Å². The summed E-state index contributed by atoms with van der Waals surface area (Å²) in [5.74, 6) is 0.431. The molecule has 2 N–H and O–H groups in total. The highest BCUT2D eigenvalue weighted by Gasteiger charge is 2.24. The van der Waals surface area contributed by atoms with E-state index >= 15 is 0 Å². The van der Waals surface area contributed by atoms with E-state index < -0.39 is 0 Å². The fourth-order valence-corrected chi connectivity index (χ4v) is 3.49.